The van der Waals surface area contributed by atoms with Gasteiger partial charge in [-0.15, -0.1) is 0 Å². The molecule has 0 saturated carbocycles. The molecule has 0 aromatic heterocycles. The van der Waals surface area contributed by atoms with Gasteiger partial charge in [0.05, 0.1) is 26.7 Å². The van der Waals surface area contributed by atoms with Gasteiger partial charge in [0.15, 0.2) is 0 Å². The normalized spacial score (nSPS) is 22.2. The lowest BCUT2D eigenvalue weighted by Gasteiger charge is -2.28. The van der Waals surface area contributed by atoms with Gasteiger partial charge in [-0.1, -0.05) is 6.92 Å². The van der Waals surface area contributed by atoms with E-state index in [1.165, 1.54) is 43.4 Å². The smallest absolute Gasteiger partial charge is 0.0786 e. The molecule has 1 aliphatic heterocycles. The fourth-order valence-corrected chi connectivity index (χ4v) is 1.86. The van der Waals surface area contributed by atoms with Crippen molar-refractivity contribution in [3.63, 3.8) is 0 Å². The first-order chi connectivity index (χ1) is 4.27. The summed E-state index contributed by atoms with van der Waals surface area (Å²) in [5.74, 6) is 0. The van der Waals surface area contributed by atoms with Gasteiger partial charge in [-0.25, -0.2) is 0 Å². The summed E-state index contributed by atoms with van der Waals surface area (Å²) in [4.78, 5) is 0. The zero-order valence-corrected chi connectivity index (χ0v) is 7.10. The molecule has 62 valence electrons. The Labute approximate surface area is 63.0 Å². The van der Waals surface area contributed by atoms with E-state index in [0.29, 0.717) is 0 Å². The Morgan fingerprint density at radius 2 is 1.70 bits per heavy atom. The molecule has 0 aromatic carbocycles. The summed E-state index contributed by atoms with van der Waals surface area (Å²) in [6.45, 7) is 6.52. The van der Waals surface area contributed by atoms with E-state index in [4.69, 9.17) is 0 Å². The van der Waals surface area contributed by atoms with Gasteiger partial charge in [0.1, 0.15) is 0 Å². The minimum absolute atomic E-state index is 0. The number of hydrogen-bond acceptors (Lipinski definition) is 0. The lowest BCUT2D eigenvalue weighted by Crippen LogP contribution is -2.41. The highest BCUT2D eigenvalue weighted by Crippen LogP contribution is 2.15. The van der Waals surface area contributed by atoms with Crippen LogP contribution >= 0.6 is 0 Å². The van der Waals surface area contributed by atoms with E-state index in [1.807, 2.05) is 0 Å². The van der Waals surface area contributed by atoms with E-state index in [0.717, 1.165) is 0 Å². The number of likely N-dealkylation sites (tertiary alicyclic amines) is 1. The quantitative estimate of drug-likeness (QED) is 0.524. The van der Waals surface area contributed by atoms with Gasteiger partial charge >= 0.3 is 0 Å². The van der Waals surface area contributed by atoms with Crippen LogP contribution < -0.4 is 0 Å². The minimum atomic E-state index is 0. The zero-order valence-electron chi connectivity index (χ0n) is 7.10. The molecule has 1 aliphatic rings. The molecule has 1 nitrogen and oxygen atoms in total. The third kappa shape index (κ3) is 2.25. The largest absolute Gasteiger partial charge is 0.326 e. The maximum absolute atomic E-state index is 2.39. The Balaban J connectivity index is 0.000000810. The summed E-state index contributed by atoms with van der Waals surface area (Å²) < 4.78 is 1.34. The second kappa shape index (κ2) is 3.91. The molecule has 10 heavy (non-hydrogen) atoms. The van der Waals surface area contributed by atoms with Gasteiger partial charge in [-0.3, -0.25) is 4.70 Å². The third-order valence-electron chi connectivity index (χ3n) is 2.41. The molecule has 0 atom stereocenters. The van der Waals surface area contributed by atoms with E-state index in [2.05, 4.69) is 14.0 Å². The van der Waals surface area contributed by atoms with Crippen LogP contribution in [0.2, 0.25) is 0 Å². The average molecular weight is 148 g/mol. The Morgan fingerprint density at radius 3 is 2.10 bits per heavy atom. The van der Waals surface area contributed by atoms with Crippen molar-refractivity contribution in [1.82, 2.24) is 0 Å². The molecule has 1 heterocycles. The Bertz CT molecular complexity index is 87.3. The van der Waals surface area contributed by atoms with E-state index in [1.54, 1.807) is 0 Å². The average Bonchev–Trinajstić information content (AvgIpc) is 2.16. The number of hydrogen-bond donors (Lipinski definition) is 0. The fourth-order valence-electron chi connectivity index (χ4n) is 1.86. The van der Waals surface area contributed by atoms with Crippen molar-refractivity contribution in [3.05, 3.63) is 0 Å². The van der Waals surface area contributed by atoms with Crippen LogP contribution in [-0.2, 0) is 0 Å². The van der Waals surface area contributed by atoms with Crippen molar-refractivity contribution in [2.45, 2.75) is 26.2 Å². The Morgan fingerprint density at radius 1 is 1.20 bits per heavy atom. The molecule has 1 rings (SSSR count). The molecule has 0 N–H and O–H groups in total. The number of quaternary nitrogens is 1. The molecule has 0 spiro atoms. The molecular formula is C8H19FN+. The first-order valence-corrected chi connectivity index (χ1v) is 4.10. The molecule has 0 unspecified atom stereocenters. The second-order valence-electron chi connectivity index (χ2n) is 3.50. The van der Waals surface area contributed by atoms with Crippen molar-refractivity contribution < 1.29 is 9.19 Å². The van der Waals surface area contributed by atoms with Crippen LogP contribution in [0.3, 0.4) is 0 Å². The second-order valence-corrected chi connectivity index (χ2v) is 3.50. The van der Waals surface area contributed by atoms with Gasteiger partial charge in [-0.2, -0.15) is 0 Å². The van der Waals surface area contributed by atoms with E-state index < -0.39 is 0 Å². The molecule has 1 saturated heterocycles. The zero-order chi connectivity index (χ0) is 6.74. The number of halogens is 1. The van der Waals surface area contributed by atoms with Crippen LogP contribution in [0.4, 0.5) is 4.70 Å². The summed E-state index contributed by atoms with van der Waals surface area (Å²) in [5.41, 5.74) is 0. The van der Waals surface area contributed by atoms with Crippen LogP contribution in [0.1, 0.15) is 26.2 Å². The highest BCUT2D eigenvalue weighted by molar-refractivity contribution is 4.50. The first kappa shape index (κ1) is 9.89. The van der Waals surface area contributed by atoms with E-state index >= 15 is 0 Å². The summed E-state index contributed by atoms with van der Waals surface area (Å²) >= 11 is 0. The third-order valence-corrected chi connectivity index (χ3v) is 2.41. The lowest BCUT2D eigenvalue weighted by atomic mass is 10.4. The monoisotopic (exact) mass is 148 g/mol. The van der Waals surface area contributed by atoms with Crippen LogP contribution in [0.15, 0.2) is 0 Å². The fraction of sp³-hybridized carbons (Fsp3) is 1.00. The van der Waals surface area contributed by atoms with Gasteiger partial charge in [0.25, 0.3) is 0 Å². The van der Waals surface area contributed by atoms with Crippen molar-refractivity contribution in [2.75, 3.05) is 26.7 Å². The number of nitrogens with zero attached hydrogens (tertiary/aromatic N) is 1. The summed E-state index contributed by atoms with van der Waals surface area (Å²) in [6, 6.07) is 0. The first-order valence-electron chi connectivity index (χ1n) is 4.10. The molecule has 0 bridgehead atoms. The molecule has 0 aromatic rings. The predicted molar refractivity (Wildman–Crippen MR) is 42.8 cm³/mol. The van der Waals surface area contributed by atoms with Crippen LogP contribution in [-0.4, -0.2) is 31.2 Å². The van der Waals surface area contributed by atoms with Crippen molar-refractivity contribution in [3.8, 4) is 0 Å². The molecule has 0 radical (unpaired) electrons. The molecule has 1 fully saturated rings. The highest BCUT2D eigenvalue weighted by Gasteiger charge is 2.24. The van der Waals surface area contributed by atoms with Crippen molar-refractivity contribution in [1.29, 1.82) is 0 Å². The molecule has 0 amide bonds. The van der Waals surface area contributed by atoms with Gasteiger partial charge < -0.3 is 4.48 Å². The maximum atomic E-state index is 2.39. The topological polar surface area (TPSA) is 0 Å². The van der Waals surface area contributed by atoms with Gasteiger partial charge in [-0.05, 0) is 6.42 Å². The van der Waals surface area contributed by atoms with Gasteiger partial charge in [0.2, 0.25) is 0 Å². The summed E-state index contributed by atoms with van der Waals surface area (Å²) in [7, 11) is 2.39. The standard InChI is InChI=1S/C8H18N.FH/c1-3-6-9(2)7-4-5-8-9;/h3-8H2,1-2H3;1H/q+1;. The molecular weight excluding hydrogens is 129 g/mol. The molecule has 2 heteroatoms. The number of rotatable bonds is 2. The maximum Gasteiger partial charge on any atom is 0.0786 e. The Kier molecular flexibility index (Phi) is 3.87. The summed E-state index contributed by atoms with van der Waals surface area (Å²) in [5, 5.41) is 0. The van der Waals surface area contributed by atoms with E-state index in [-0.39, 0.29) is 4.70 Å². The molecule has 0 aliphatic carbocycles. The van der Waals surface area contributed by atoms with E-state index in [9.17, 15) is 0 Å². The Hall–Kier alpha value is -0.110. The lowest BCUT2D eigenvalue weighted by molar-refractivity contribution is -0.897. The highest BCUT2D eigenvalue weighted by atomic mass is 19.0. The van der Waals surface area contributed by atoms with Crippen LogP contribution in [0.25, 0.3) is 0 Å². The van der Waals surface area contributed by atoms with Crippen molar-refractivity contribution in [2.24, 2.45) is 0 Å². The predicted octanol–water partition coefficient (Wildman–Crippen LogP) is 1.79. The van der Waals surface area contributed by atoms with Gasteiger partial charge in [0, 0.05) is 12.8 Å². The van der Waals surface area contributed by atoms with Crippen LogP contribution in [0, 0.1) is 0 Å². The minimum Gasteiger partial charge on any atom is -0.326 e. The van der Waals surface area contributed by atoms with Crippen LogP contribution in [0.5, 0.6) is 0 Å². The van der Waals surface area contributed by atoms with Crippen molar-refractivity contribution >= 4 is 0 Å². The SMILES string of the molecule is CCC[N+]1(C)CCCC1.F. The summed E-state index contributed by atoms with van der Waals surface area (Å²) in [6.07, 6.45) is 4.25.